The van der Waals surface area contributed by atoms with Crippen LogP contribution >= 0.6 is 0 Å². The number of hydrogen-bond donors (Lipinski definition) is 1. The minimum absolute atomic E-state index is 0.0972. The topological polar surface area (TPSA) is 69.2 Å². The van der Waals surface area contributed by atoms with E-state index in [1.807, 2.05) is 6.92 Å². The Morgan fingerprint density at radius 2 is 2.30 bits per heavy atom. The van der Waals surface area contributed by atoms with Gasteiger partial charge in [0.25, 0.3) is 0 Å². The monoisotopic (exact) mass is 146 g/mol. The lowest BCUT2D eigenvalue weighted by Gasteiger charge is -2.03. The fourth-order valence-electron chi connectivity index (χ4n) is 0.749. The number of rotatable bonds is 5. The van der Waals surface area contributed by atoms with E-state index in [1.54, 1.807) is 0 Å². The molecular weight excluding hydrogens is 132 g/mol. The third-order valence-electron chi connectivity index (χ3n) is 1.31. The number of hydrogen-bond acceptors (Lipinski definition) is 3. The predicted molar refractivity (Wildman–Crippen MR) is 39.4 cm³/mol. The Kier molecular flexibility index (Phi) is 4.84. The quantitative estimate of drug-likeness (QED) is 0.460. The molecule has 1 unspecified atom stereocenters. The van der Waals surface area contributed by atoms with E-state index in [-0.39, 0.29) is 17.5 Å². The van der Waals surface area contributed by atoms with Gasteiger partial charge in [-0.25, -0.2) is 0 Å². The summed E-state index contributed by atoms with van der Waals surface area (Å²) in [4.78, 5) is 9.54. The van der Waals surface area contributed by atoms with Crippen LogP contribution in [0, 0.1) is 10.1 Å². The van der Waals surface area contributed by atoms with Gasteiger partial charge in [0.15, 0.2) is 0 Å². The first-order valence-electron chi connectivity index (χ1n) is 3.54. The van der Waals surface area contributed by atoms with Crippen LogP contribution < -0.4 is 5.73 Å². The van der Waals surface area contributed by atoms with Gasteiger partial charge < -0.3 is 5.73 Å². The standard InChI is InChI=1S/C6H14N2O2/c1-2-3-4-6(7)5-8(9)10/h6H,2-5,7H2,1H3. The molecule has 4 nitrogen and oxygen atoms in total. The fraction of sp³-hybridized carbons (Fsp3) is 1.00. The van der Waals surface area contributed by atoms with Gasteiger partial charge in [0, 0.05) is 4.92 Å². The predicted octanol–water partition coefficient (Wildman–Crippen LogP) is 0.781. The van der Waals surface area contributed by atoms with Crippen LogP contribution in [0.4, 0.5) is 0 Å². The molecule has 0 saturated carbocycles. The van der Waals surface area contributed by atoms with Gasteiger partial charge in [0.2, 0.25) is 6.54 Å². The van der Waals surface area contributed by atoms with E-state index in [0.717, 1.165) is 19.3 Å². The minimum Gasteiger partial charge on any atom is -0.322 e. The number of nitrogens with zero attached hydrogens (tertiary/aromatic N) is 1. The van der Waals surface area contributed by atoms with Crippen molar-refractivity contribution in [2.45, 2.75) is 32.2 Å². The summed E-state index contributed by atoms with van der Waals surface area (Å²) in [5.74, 6) is 0. The average molecular weight is 146 g/mol. The molecule has 2 N–H and O–H groups in total. The maximum absolute atomic E-state index is 9.90. The molecule has 0 aromatic carbocycles. The van der Waals surface area contributed by atoms with Crippen molar-refractivity contribution in [1.29, 1.82) is 0 Å². The Balaban J connectivity index is 3.25. The van der Waals surface area contributed by atoms with Crippen molar-refractivity contribution in [3.8, 4) is 0 Å². The van der Waals surface area contributed by atoms with Crippen molar-refractivity contribution in [2.24, 2.45) is 5.73 Å². The van der Waals surface area contributed by atoms with E-state index < -0.39 is 0 Å². The van der Waals surface area contributed by atoms with Crippen molar-refractivity contribution in [3.63, 3.8) is 0 Å². The van der Waals surface area contributed by atoms with E-state index in [2.05, 4.69) is 0 Å². The highest BCUT2D eigenvalue weighted by Crippen LogP contribution is 1.97. The molecule has 0 aliphatic heterocycles. The van der Waals surface area contributed by atoms with Gasteiger partial charge in [0.1, 0.15) is 0 Å². The molecule has 0 radical (unpaired) electrons. The highest BCUT2D eigenvalue weighted by molar-refractivity contribution is 4.57. The number of nitro groups is 1. The van der Waals surface area contributed by atoms with Crippen LogP contribution in [0.1, 0.15) is 26.2 Å². The molecule has 0 bridgehead atoms. The lowest BCUT2D eigenvalue weighted by Crippen LogP contribution is -2.28. The molecule has 0 spiro atoms. The third kappa shape index (κ3) is 5.50. The molecule has 4 heteroatoms. The molecule has 0 saturated heterocycles. The van der Waals surface area contributed by atoms with Crippen LogP contribution in [0.2, 0.25) is 0 Å². The second kappa shape index (κ2) is 5.17. The van der Waals surface area contributed by atoms with Crippen LogP contribution in [0.25, 0.3) is 0 Å². The molecule has 0 fully saturated rings. The van der Waals surface area contributed by atoms with E-state index in [9.17, 15) is 10.1 Å². The molecular formula is C6H14N2O2. The maximum Gasteiger partial charge on any atom is 0.218 e. The second-order valence-corrected chi connectivity index (χ2v) is 2.42. The maximum atomic E-state index is 9.90. The van der Waals surface area contributed by atoms with Crippen molar-refractivity contribution in [1.82, 2.24) is 0 Å². The Morgan fingerprint density at radius 3 is 2.70 bits per heavy atom. The van der Waals surface area contributed by atoms with Crippen LogP contribution in [0.5, 0.6) is 0 Å². The molecule has 60 valence electrons. The zero-order valence-corrected chi connectivity index (χ0v) is 6.25. The SMILES string of the molecule is CCCCC(N)C[N+](=O)[O-]. The molecule has 0 aromatic heterocycles. The van der Waals surface area contributed by atoms with Gasteiger partial charge in [-0.2, -0.15) is 0 Å². The molecule has 0 aliphatic rings. The molecule has 0 heterocycles. The largest absolute Gasteiger partial charge is 0.322 e. The molecule has 0 amide bonds. The van der Waals surface area contributed by atoms with Gasteiger partial charge in [-0.05, 0) is 6.42 Å². The van der Waals surface area contributed by atoms with Gasteiger partial charge >= 0.3 is 0 Å². The van der Waals surface area contributed by atoms with Crippen LogP contribution in [-0.2, 0) is 0 Å². The van der Waals surface area contributed by atoms with E-state index in [1.165, 1.54) is 0 Å². The summed E-state index contributed by atoms with van der Waals surface area (Å²) in [6.45, 7) is 1.94. The first-order valence-corrected chi connectivity index (χ1v) is 3.54. The molecule has 1 atom stereocenters. The van der Waals surface area contributed by atoms with E-state index in [0.29, 0.717) is 0 Å². The van der Waals surface area contributed by atoms with Crippen molar-refractivity contribution in [2.75, 3.05) is 6.54 Å². The lowest BCUT2D eigenvalue weighted by atomic mass is 10.1. The number of nitrogens with two attached hydrogens (primary N) is 1. The summed E-state index contributed by atoms with van der Waals surface area (Å²) in [6.07, 6.45) is 2.79. The van der Waals surface area contributed by atoms with Gasteiger partial charge in [-0.1, -0.05) is 19.8 Å². The molecule has 0 rings (SSSR count). The van der Waals surface area contributed by atoms with Crippen LogP contribution in [0.3, 0.4) is 0 Å². The summed E-state index contributed by atoms with van der Waals surface area (Å²) in [6, 6.07) is -0.255. The second-order valence-electron chi connectivity index (χ2n) is 2.42. The Bertz CT molecular complexity index is 106. The average Bonchev–Trinajstić information content (AvgIpc) is 1.82. The lowest BCUT2D eigenvalue weighted by molar-refractivity contribution is -0.482. The Hall–Kier alpha value is -0.640. The van der Waals surface area contributed by atoms with Gasteiger partial charge in [-0.3, -0.25) is 10.1 Å². The highest BCUT2D eigenvalue weighted by atomic mass is 16.6. The highest BCUT2D eigenvalue weighted by Gasteiger charge is 2.07. The molecule has 0 aliphatic carbocycles. The summed E-state index contributed by atoms with van der Waals surface area (Å²) >= 11 is 0. The van der Waals surface area contributed by atoms with Crippen molar-refractivity contribution < 1.29 is 4.92 Å². The van der Waals surface area contributed by atoms with Gasteiger partial charge in [-0.15, -0.1) is 0 Å². The molecule has 0 aromatic rings. The molecule has 10 heavy (non-hydrogen) atoms. The fourth-order valence-corrected chi connectivity index (χ4v) is 0.749. The summed E-state index contributed by atoms with van der Waals surface area (Å²) < 4.78 is 0. The van der Waals surface area contributed by atoms with Crippen molar-refractivity contribution in [3.05, 3.63) is 10.1 Å². The summed E-state index contributed by atoms with van der Waals surface area (Å²) in [7, 11) is 0. The zero-order valence-electron chi connectivity index (χ0n) is 6.25. The van der Waals surface area contributed by atoms with Crippen LogP contribution in [-0.4, -0.2) is 17.5 Å². The van der Waals surface area contributed by atoms with E-state index >= 15 is 0 Å². The smallest absolute Gasteiger partial charge is 0.218 e. The Morgan fingerprint density at radius 1 is 1.70 bits per heavy atom. The van der Waals surface area contributed by atoms with Crippen molar-refractivity contribution >= 4 is 0 Å². The van der Waals surface area contributed by atoms with Crippen LogP contribution in [0.15, 0.2) is 0 Å². The zero-order chi connectivity index (χ0) is 7.98. The summed E-state index contributed by atoms with van der Waals surface area (Å²) in [5.41, 5.74) is 5.42. The Labute approximate surface area is 60.6 Å². The first-order chi connectivity index (χ1) is 4.66. The normalized spacial score (nSPS) is 13.0. The van der Waals surface area contributed by atoms with Gasteiger partial charge in [0.05, 0.1) is 6.04 Å². The third-order valence-corrected chi connectivity index (χ3v) is 1.31. The summed E-state index contributed by atoms with van der Waals surface area (Å²) in [5, 5.41) is 9.90. The first kappa shape index (κ1) is 9.36. The van der Waals surface area contributed by atoms with E-state index in [4.69, 9.17) is 5.73 Å². The minimum atomic E-state index is -0.361. The number of unbranched alkanes of at least 4 members (excludes halogenated alkanes) is 1.